The number of hydrogen-bond donors (Lipinski definition) is 1. The van der Waals surface area contributed by atoms with Crippen LogP contribution in [0.25, 0.3) is 0 Å². The molecule has 1 rings (SSSR count). The molecule has 0 saturated carbocycles. The van der Waals surface area contributed by atoms with E-state index in [1.165, 1.54) is 24.3 Å². The number of amides is 1. The van der Waals surface area contributed by atoms with Crippen molar-refractivity contribution in [3.63, 3.8) is 0 Å². The van der Waals surface area contributed by atoms with Gasteiger partial charge in [0, 0.05) is 17.9 Å². The Morgan fingerprint density at radius 1 is 1.39 bits per heavy atom. The maximum atomic E-state index is 11.8. The molecule has 6 heteroatoms. The summed E-state index contributed by atoms with van der Waals surface area (Å²) in [5.74, 6) is -0.453. The lowest BCUT2D eigenvalue weighted by Crippen LogP contribution is -2.37. The van der Waals surface area contributed by atoms with Crippen LogP contribution < -0.4 is 5.32 Å². The molecule has 5 nitrogen and oxygen atoms in total. The molecule has 0 radical (unpaired) electrons. The zero-order valence-corrected chi connectivity index (χ0v) is 11.0. The molecule has 96 valence electrons. The number of carbonyl (C=O) groups is 1. The van der Waals surface area contributed by atoms with Crippen LogP contribution in [0.15, 0.2) is 24.3 Å². The Bertz CT molecular complexity index is 570. The van der Waals surface area contributed by atoms with Gasteiger partial charge in [-0.15, -0.1) is 0 Å². The number of sulfone groups is 1. The molecule has 0 saturated heterocycles. The van der Waals surface area contributed by atoms with Crippen molar-refractivity contribution >= 4 is 15.7 Å². The summed E-state index contributed by atoms with van der Waals surface area (Å²) in [6.07, 6.45) is 1.12. The molecule has 1 aromatic rings. The van der Waals surface area contributed by atoms with E-state index in [1.807, 2.05) is 6.07 Å². The predicted octanol–water partition coefficient (Wildman–Crippen LogP) is 0.721. The number of benzene rings is 1. The fourth-order valence-electron chi connectivity index (χ4n) is 1.50. The molecule has 1 N–H and O–H groups in total. The zero-order chi connectivity index (χ0) is 13.8. The van der Waals surface area contributed by atoms with E-state index in [0.717, 1.165) is 6.26 Å². The van der Waals surface area contributed by atoms with Gasteiger partial charge in [-0.25, -0.2) is 8.42 Å². The largest absolute Gasteiger partial charge is 0.349 e. The lowest BCUT2D eigenvalue weighted by Gasteiger charge is -2.12. The Morgan fingerprint density at radius 3 is 2.39 bits per heavy atom. The third-order valence-corrected chi connectivity index (χ3v) is 3.31. The summed E-state index contributed by atoms with van der Waals surface area (Å²) < 4.78 is 22.1. The Balaban J connectivity index is 2.68. The Labute approximate surface area is 106 Å². The summed E-state index contributed by atoms with van der Waals surface area (Å²) in [5.41, 5.74) is 0.866. The zero-order valence-electron chi connectivity index (χ0n) is 10.2. The van der Waals surface area contributed by atoms with Crippen LogP contribution in [0, 0.1) is 11.3 Å². The standard InChI is InChI=1S/C12H14N2O3S/c1-9(8-18(2,16)17)14-12(15)11-5-3-10(7-13)4-6-11/h3-6,9H,8H2,1-2H3,(H,14,15)/t9-/m1/s1. The molecule has 18 heavy (non-hydrogen) atoms. The normalized spacial score (nSPS) is 12.5. The van der Waals surface area contributed by atoms with E-state index in [4.69, 9.17) is 5.26 Å². The topological polar surface area (TPSA) is 87.0 Å². The molecule has 1 amide bonds. The van der Waals surface area contributed by atoms with E-state index >= 15 is 0 Å². The van der Waals surface area contributed by atoms with Gasteiger partial charge in [-0.3, -0.25) is 4.79 Å². The van der Waals surface area contributed by atoms with Gasteiger partial charge in [-0.1, -0.05) is 0 Å². The number of hydrogen-bond acceptors (Lipinski definition) is 4. The van der Waals surface area contributed by atoms with Crippen LogP contribution >= 0.6 is 0 Å². The van der Waals surface area contributed by atoms with Gasteiger partial charge in [0.15, 0.2) is 0 Å². The molecule has 1 atom stereocenters. The van der Waals surface area contributed by atoms with Crippen molar-refractivity contribution in [1.82, 2.24) is 5.32 Å². The van der Waals surface area contributed by atoms with Gasteiger partial charge in [-0.2, -0.15) is 5.26 Å². The van der Waals surface area contributed by atoms with Crippen molar-refractivity contribution in [2.45, 2.75) is 13.0 Å². The van der Waals surface area contributed by atoms with E-state index in [2.05, 4.69) is 5.32 Å². The molecule has 0 aliphatic rings. The molecule has 0 bridgehead atoms. The maximum absolute atomic E-state index is 11.8. The van der Waals surface area contributed by atoms with E-state index in [0.29, 0.717) is 11.1 Å². The van der Waals surface area contributed by atoms with Crippen molar-refractivity contribution in [1.29, 1.82) is 5.26 Å². The molecular formula is C12H14N2O3S. The molecule has 0 unspecified atom stereocenters. The van der Waals surface area contributed by atoms with Gasteiger partial charge in [0.25, 0.3) is 5.91 Å². The first-order valence-electron chi connectivity index (χ1n) is 5.30. The van der Waals surface area contributed by atoms with Crippen molar-refractivity contribution < 1.29 is 13.2 Å². The number of nitrogens with zero attached hydrogens (tertiary/aromatic N) is 1. The first-order chi connectivity index (χ1) is 8.31. The maximum Gasteiger partial charge on any atom is 0.251 e. The SMILES string of the molecule is C[C@H](CS(C)(=O)=O)NC(=O)c1ccc(C#N)cc1. The van der Waals surface area contributed by atoms with E-state index in [-0.39, 0.29) is 11.7 Å². The Morgan fingerprint density at radius 2 is 1.94 bits per heavy atom. The highest BCUT2D eigenvalue weighted by Crippen LogP contribution is 2.04. The second-order valence-corrected chi connectivity index (χ2v) is 6.34. The monoisotopic (exact) mass is 266 g/mol. The summed E-state index contributed by atoms with van der Waals surface area (Å²) in [6, 6.07) is 7.63. The summed E-state index contributed by atoms with van der Waals surface area (Å²) in [4.78, 5) is 11.8. The van der Waals surface area contributed by atoms with E-state index in [1.54, 1.807) is 6.92 Å². The summed E-state index contributed by atoms with van der Waals surface area (Å²) in [7, 11) is -3.12. The minimum Gasteiger partial charge on any atom is -0.349 e. The van der Waals surface area contributed by atoms with E-state index < -0.39 is 15.9 Å². The molecule has 1 aromatic carbocycles. The number of rotatable bonds is 4. The molecule has 0 aliphatic heterocycles. The number of nitrogens with one attached hydrogen (secondary N) is 1. The van der Waals surface area contributed by atoms with E-state index in [9.17, 15) is 13.2 Å². The van der Waals surface area contributed by atoms with Gasteiger partial charge >= 0.3 is 0 Å². The molecule has 0 aliphatic carbocycles. The van der Waals surface area contributed by atoms with Gasteiger partial charge in [0.05, 0.1) is 17.4 Å². The number of carbonyl (C=O) groups excluding carboxylic acids is 1. The van der Waals surface area contributed by atoms with Crippen LogP contribution in [-0.4, -0.2) is 32.4 Å². The van der Waals surface area contributed by atoms with Crippen LogP contribution in [0.2, 0.25) is 0 Å². The molecule has 0 heterocycles. The minimum atomic E-state index is -3.12. The Kier molecular flexibility index (Phi) is 4.45. The minimum absolute atomic E-state index is 0.102. The van der Waals surface area contributed by atoms with Crippen LogP contribution in [0.1, 0.15) is 22.8 Å². The van der Waals surface area contributed by atoms with Gasteiger partial charge in [-0.05, 0) is 31.2 Å². The summed E-state index contributed by atoms with van der Waals surface area (Å²) in [6.45, 7) is 1.63. The lowest BCUT2D eigenvalue weighted by atomic mass is 10.1. The third kappa shape index (κ3) is 4.55. The molecule has 0 fully saturated rings. The van der Waals surface area contributed by atoms with Crippen molar-refractivity contribution in [3.05, 3.63) is 35.4 Å². The average Bonchev–Trinajstić information content (AvgIpc) is 2.26. The van der Waals surface area contributed by atoms with Crippen molar-refractivity contribution in [3.8, 4) is 6.07 Å². The van der Waals surface area contributed by atoms with Gasteiger partial charge < -0.3 is 5.32 Å². The number of nitriles is 1. The highest BCUT2D eigenvalue weighted by molar-refractivity contribution is 7.90. The first-order valence-corrected chi connectivity index (χ1v) is 7.36. The van der Waals surface area contributed by atoms with Crippen LogP contribution in [0.3, 0.4) is 0 Å². The first kappa shape index (κ1) is 14.2. The fraction of sp³-hybridized carbons (Fsp3) is 0.333. The lowest BCUT2D eigenvalue weighted by molar-refractivity contribution is 0.0943. The Hall–Kier alpha value is -1.87. The second kappa shape index (κ2) is 5.65. The highest BCUT2D eigenvalue weighted by atomic mass is 32.2. The van der Waals surface area contributed by atoms with Gasteiger partial charge in [0.2, 0.25) is 0 Å². The van der Waals surface area contributed by atoms with Crippen molar-refractivity contribution in [2.75, 3.05) is 12.0 Å². The van der Waals surface area contributed by atoms with Crippen LogP contribution in [-0.2, 0) is 9.84 Å². The summed E-state index contributed by atoms with van der Waals surface area (Å²) >= 11 is 0. The third-order valence-electron chi connectivity index (χ3n) is 2.21. The smallest absolute Gasteiger partial charge is 0.251 e. The quantitative estimate of drug-likeness (QED) is 0.870. The predicted molar refractivity (Wildman–Crippen MR) is 67.8 cm³/mol. The molecule has 0 spiro atoms. The second-order valence-electron chi connectivity index (χ2n) is 4.16. The summed E-state index contributed by atoms with van der Waals surface area (Å²) in [5, 5.41) is 11.2. The fourth-order valence-corrected chi connectivity index (χ4v) is 2.49. The molecular weight excluding hydrogens is 252 g/mol. The van der Waals surface area contributed by atoms with Gasteiger partial charge in [0.1, 0.15) is 9.84 Å². The van der Waals surface area contributed by atoms with Crippen molar-refractivity contribution in [2.24, 2.45) is 0 Å². The highest BCUT2D eigenvalue weighted by Gasteiger charge is 2.14. The molecule has 0 aromatic heterocycles. The van der Waals surface area contributed by atoms with Crippen LogP contribution in [0.5, 0.6) is 0 Å². The van der Waals surface area contributed by atoms with Crippen LogP contribution in [0.4, 0.5) is 0 Å². The average molecular weight is 266 g/mol.